The second-order valence-corrected chi connectivity index (χ2v) is 7.36. The van der Waals surface area contributed by atoms with Crippen LogP contribution in [-0.2, 0) is 4.74 Å². The van der Waals surface area contributed by atoms with Crippen molar-refractivity contribution < 1.29 is 14.3 Å². The molecule has 0 radical (unpaired) electrons. The number of anilines is 1. The highest BCUT2D eigenvalue weighted by Crippen LogP contribution is 2.44. The first kappa shape index (κ1) is 19.7. The number of aromatic nitrogens is 3. The Morgan fingerprint density at radius 3 is 2.53 bits per heavy atom. The van der Waals surface area contributed by atoms with E-state index in [1.54, 1.807) is 48.5 Å². The number of H-pyrrole nitrogens is 1. The average molecular weight is 424 g/mol. The molecule has 0 spiro atoms. The SMILES string of the molecule is CCOC(=O)c1ccc(N2C(=O)c3[nH]nc(-c4ccccc4)c3C2c2cccnc2)cc1. The van der Waals surface area contributed by atoms with Gasteiger partial charge < -0.3 is 4.74 Å². The van der Waals surface area contributed by atoms with E-state index in [9.17, 15) is 9.59 Å². The van der Waals surface area contributed by atoms with Gasteiger partial charge in [0.2, 0.25) is 0 Å². The van der Waals surface area contributed by atoms with E-state index in [0.717, 1.165) is 22.4 Å². The molecule has 0 fully saturated rings. The second kappa shape index (κ2) is 8.11. The number of pyridine rings is 1. The Kier molecular flexibility index (Phi) is 4.99. The molecule has 7 heteroatoms. The number of hydrogen-bond acceptors (Lipinski definition) is 5. The fraction of sp³-hybridized carbons (Fsp3) is 0.120. The molecule has 1 atom stereocenters. The molecule has 2 aromatic carbocycles. The highest BCUT2D eigenvalue weighted by atomic mass is 16.5. The van der Waals surface area contributed by atoms with Crippen molar-refractivity contribution in [3.05, 3.63) is 102 Å². The van der Waals surface area contributed by atoms with Gasteiger partial charge in [-0.05, 0) is 42.8 Å². The van der Waals surface area contributed by atoms with E-state index in [1.807, 2.05) is 42.5 Å². The lowest BCUT2D eigenvalue weighted by Crippen LogP contribution is -2.29. The Morgan fingerprint density at radius 1 is 1.06 bits per heavy atom. The maximum absolute atomic E-state index is 13.5. The molecule has 0 saturated heterocycles. The summed E-state index contributed by atoms with van der Waals surface area (Å²) in [6.07, 6.45) is 3.46. The van der Waals surface area contributed by atoms with E-state index in [-0.39, 0.29) is 5.91 Å². The van der Waals surface area contributed by atoms with Crippen LogP contribution in [0.5, 0.6) is 0 Å². The number of nitrogens with one attached hydrogen (secondary N) is 1. The Bertz CT molecular complexity index is 1270. The molecule has 1 amide bonds. The van der Waals surface area contributed by atoms with Crippen LogP contribution in [-0.4, -0.2) is 33.7 Å². The molecule has 0 aliphatic carbocycles. The first-order valence-corrected chi connectivity index (χ1v) is 10.3. The minimum absolute atomic E-state index is 0.188. The van der Waals surface area contributed by atoms with Gasteiger partial charge in [-0.3, -0.25) is 19.8 Å². The molecule has 1 aliphatic rings. The number of amides is 1. The van der Waals surface area contributed by atoms with Crippen molar-refractivity contribution in [2.24, 2.45) is 0 Å². The van der Waals surface area contributed by atoms with E-state index < -0.39 is 12.0 Å². The van der Waals surface area contributed by atoms with Gasteiger partial charge in [-0.1, -0.05) is 36.4 Å². The monoisotopic (exact) mass is 424 g/mol. The Hall–Kier alpha value is -4.26. The molecule has 2 aromatic heterocycles. The number of carbonyl (C=O) groups is 2. The second-order valence-electron chi connectivity index (χ2n) is 7.36. The van der Waals surface area contributed by atoms with Crippen molar-refractivity contribution in [3.63, 3.8) is 0 Å². The molecule has 158 valence electrons. The van der Waals surface area contributed by atoms with Crippen molar-refractivity contribution in [2.45, 2.75) is 13.0 Å². The molecule has 7 nitrogen and oxygen atoms in total. The Balaban J connectivity index is 1.62. The number of hydrogen-bond donors (Lipinski definition) is 1. The van der Waals surface area contributed by atoms with E-state index >= 15 is 0 Å². The minimum Gasteiger partial charge on any atom is -0.462 e. The fourth-order valence-corrected chi connectivity index (χ4v) is 4.06. The largest absolute Gasteiger partial charge is 0.462 e. The first-order valence-electron chi connectivity index (χ1n) is 10.3. The average Bonchev–Trinajstić information content (AvgIpc) is 3.39. The standard InChI is InChI=1S/C25H20N4O3/c1-2-32-25(31)17-10-12-19(13-11-17)29-23(18-9-6-14-26-15-18)20-21(16-7-4-3-5-8-16)27-28-22(20)24(29)30/h3-15,23H,2H2,1H3,(H,27,28). The zero-order valence-electron chi connectivity index (χ0n) is 17.4. The third kappa shape index (κ3) is 3.24. The number of esters is 1. The number of benzene rings is 2. The normalized spacial score (nSPS) is 15.0. The van der Waals surface area contributed by atoms with Crippen molar-refractivity contribution >= 4 is 17.6 Å². The number of rotatable bonds is 5. The maximum Gasteiger partial charge on any atom is 0.338 e. The highest BCUT2D eigenvalue weighted by Gasteiger charge is 2.43. The summed E-state index contributed by atoms with van der Waals surface area (Å²) in [5, 5.41) is 7.41. The van der Waals surface area contributed by atoms with Crippen LogP contribution < -0.4 is 4.90 Å². The summed E-state index contributed by atoms with van der Waals surface area (Å²) >= 11 is 0. The van der Waals surface area contributed by atoms with Crippen LogP contribution in [0.2, 0.25) is 0 Å². The molecule has 1 unspecified atom stereocenters. The van der Waals surface area contributed by atoms with Gasteiger partial charge in [0, 0.05) is 29.2 Å². The first-order chi connectivity index (χ1) is 15.7. The molecular weight excluding hydrogens is 404 g/mol. The van der Waals surface area contributed by atoms with Crippen molar-refractivity contribution in [3.8, 4) is 11.3 Å². The van der Waals surface area contributed by atoms with E-state index in [0.29, 0.717) is 23.6 Å². The molecule has 1 N–H and O–H groups in total. The lowest BCUT2D eigenvalue weighted by molar-refractivity contribution is 0.0526. The smallest absolute Gasteiger partial charge is 0.338 e. The summed E-state index contributed by atoms with van der Waals surface area (Å²) < 4.78 is 5.07. The predicted molar refractivity (Wildman–Crippen MR) is 119 cm³/mol. The number of nitrogens with zero attached hydrogens (tertiary/aromatic N) is 3. The quantitative estimate of drug-likeness (QED) is 0.480. The van der Waals surface area contributed by atoms with Crippen molar-refractivity contribution in [2.75, 3.05) is 11.5 Å². The number of carbonyl (C=O) groups excluding carboxylic acids is 2. The van der Waals surface area contributed by atoms with Crippen molar-refractivity contribution in [1.82, 2.24) is 15.2 Å². The van der Waals surface area contributed by atoms with Gasteiger partial charge in [-0.25, -0.2) is 4.79 Å². The van der Waals surface area contributed by atoms with Gasteiger partial charge in [0.25, 0.3) is 5.91 Å². The zero-order chi connectivity index (χ0) is 22.1. The topological polar surface area (TPSA) is 88.2 Å². The van der Waals surface area contributed by atoms with Gasteiger partial charge in [0.1, 0.15) is 5.69 Å². The lowest BCUT2D eigenvalue weighted by atomic mass is 9.97. The van der Waals surface area contributed by atoms with E-state index in [1.165, 1.54) is 0 Å². The zero-order valence-corrected chi connectivity index (χ0v) is 17.4. The van der Waals surface area contributed by atoms with Crippen LogP contribution in [0.25, 0.3) is 11.3 Å². The van der Waals surface area contributed by atoms with Crippen molar-refractivity contribution in [1.29, 1.82) is 0 Å². The minimum atomic E-state index is -0.409. The summed E-state index contributed by atoms with van der Waals surface area (Å²) in [5.41, 5.74) is 4.88. The molecular formula is C25H20N4O3. The number of ether oxygens (including phenoxy) is 1. The molecule has 0 saturated carbocycles. The molecule has 32 heavy (non-hydrogen) atoms. The fourth-order valence-electron chi connectivity index (χ4n) is 4.06. The van der Waals surface area contributed by atoms with Crippen LogP contribution in [0.3, 0.4) is 0 Å². The summed E-state index contributed by atoms with van der Waals surface area (Å²) in [6, 6.07) is 20.0. The summed E-state index contributed by atoms with van der Waals surface area (Å²) in [7, 11) is 0. The van der Waals surface area contributed by atoms with Crippen LogP contribution in [0.1, 0.15) is 44.9 Å². The van der Waals surface area contributed by atoms with Gasteiger partial charge in [0.15, 0.2) is 0 Å². The van der Waals surface area contributed by atoms with Crippen LogP contribution in [0.15, 0.2) is 79.1 Å². The Morgan fingerprint density at radius 2 is 1.84 bits per heavy atom. The molecule has 5 rings (SSSR count). The van der Waals surface area contributed by atoms with E-state index in [4.69, 9.17) is 4.74 Å². The lowest BCUT2D eigenvalue weighted by Gasteiger charge is -2.26. The van der Waals surface area contributed by atoms with E-state index in [2.05, 4.69) is 15.2 Å². The van der Waals surface area contributed by atoms with Gasteiger partial charge in [-0.2, -0.15) is 5.10 Å². The molecule has 1 aliphatic heterocycles. The van der Waals surface area contributed by atoms with Gasteiger partial charge in [-0.15, -0.1) is 0 Å². The van der Waals surface area contributed by atoms with Gasteiger partial charge in [0.05, 0.1) is 23.9 Å². The highest BCUT2D eigenvalue weighted by molar-refractivity contribution is 6.11. The third-order valence-electron chi connectivity index (χ3n) is 5.47. The maximum atomic E-state index is 13.5. The number of fused-ring (bicyclic) bond motifs is 1. The third-order valence-corrected chi connectivity index (χ3v) is 5.47. The molecule has 4 aromatic rings. The summed E-state index contributed by atoms with van der Waals surface area (Å²) in [6.45, 7) is 2.07. The molecule has 0 bridgehead atoms. The predicted octanol–water partition coefficient (Wildman–Crippen LogP) is 4.40. The van der Waals surface area contributed by atoms with Crippen LogP contribution >= 0.6 is 0 Å². The van der Waals surface area contributed by atoms with Gasteiger partial charge >= 0.3 is 5.97 Å². The summed E-state index contributed by atoms with van der Waals surface area (Å²) in [4.78, 5) is 31.5. The number of aromatic amines is 1. The van der Waals surface area contributed by atoms with Crippen LogP contribution in [0, 0.1) is 0 Å². The summed E-state index contributed by atoms with van der Waals surface area (Å²) in [5.74, 6) is -0.580. The molecule has 3 heterocycles. The Labute approximate surface area is 184 Å². The van der Waals surface area contributed by atoms with Crippen LogP contribution in [0.4, 0.5) is 5.69 Å².